The van der Waals surface area contributed by atoms with Crippen LogP contribution in [0.25, 0.3) is 23.3 Å². The van der Waals surface area contributed by atoms with Gasteiger partial charge >= 0.3 is 28.4 Å². The fourth-order valence-electron chi connectivity index (χ4n) is 3.63. The smallest absolute Gasteiger partial charge is 0.171 e. The van der Waals surface area contributed by atoms with E-state index in [9.17, 15) is 0 Å². The summed E-state index contributed by atoms with van der Waals surface area (Å²) in [4.78, 5) is 0. The van der Waals surface area contributed by atoms with Crippen molar-refractivity contribution in [3.8, 4) is 11.1 Å². The maximum atomic E-state index is 3.82. The van der Waals surface area contributed by atoms with Crippen LogP contribution in [0.3, 0.4) is 0 Å². The molecule has 202 valence electrons. The summed E-state index contributed by atoms with van der Waals surface area (Å²) in [6.07, 6.45) is 13.2. The summed E-state index contributed by atoms with van der Waals surface area (Å²) < 4.78 is 3.34. The molecule has 3 aromatic rings. The van der Waals surface area contributed by atoms with Crippen LogP contribution in [0.1, 0.15) is 56.4 Å². The molecule has 0 aliphatic heterocycles. The van der Waals surface area contributed by atoms with E-state index in [2.05, 4.69) is 99.7 Å². The Labute approximate surface area is 259 Å². The van der Waals surface area contributed by atoms with Crippen LogP contribution in [0.4, 0.5) is 0 Å². The number of allylic oxidation sites excluding steroid dienone is 4. The van der Waals surface area contributed by atoms with Crippen LogP contribution in [0.15, 0.2) is 91.5 Å². The Morgan fingerprint density at radius 2 is 1.50 bits per heavy atom. The standard InChI is InChI=1S/C17H13.C9H13.C6H5.C2H5.CH2.2ClH.Zr/c1-3-12-5-7-14-11-15-8-6-13(4-2)10-17(15)16(14)9-12;1-9(2,3)8-6-4-5-7-8;1-2-4-6-5-3-1;1-2;;;;/h3-7,9-10H,1-2,11H2;6-7H,4H2,1-3H3;1-5H;1H2,2H3;1H2;2*1H;/q4*-1;;;;. The largest absolute Gasteiger partial charge is 0.184 e. The number of hydrogen-bond acceptors (Lipinski definition) is 0. The van der Waals surface area contributed by atoms with Crippen LogP contribution in [0.2, 0.25) is 0 Å². The first-order valence-electron chi connectivity index (χ1n) is 12.1. The number of benzene rings is 3. The quantitative estimate of drug-likeness (QED) is 0.195. The molecule has 3 heteroatoms. The van der Waals surface area contributed by atoms with Crippen molar-refractivity contribution in [2.24, 2.45) is 5.41 Å². The van der Waals surface area contributed by atoms with Crippen LogP contribution >= 0.6 is 24.8 Å². The van der Waals surface area contributed by atoms with E-state index in [1.54, 1.807) is 6.92 Å². The number of hydrogen-bond donors (Lipinski definition) is 0. The average molecular weight is 623 g/mol. The molecule has 0 nitrogen and oxygen atoms in total. The van der Waals surface area contributed by atoms with Gasteiger partial charge in [0.15, 0.2) is 0 Å². The predicted octanol–water partition coefficient (Wildman–Crippen LogP) is 10.2. The first kappa shape index (κ1) is 38.1. The van der Waals surface area contributed by atoms with Gasteiger partial charge in [-0.25, -0.2) is 6.08 Å². The van der Waals surface area contributed by atoms with Crippen molar-refractivity contribution in [2.45, 2.75) is 40.5 Å². The van der Waals surface area contributed by atoms with Gasteiger partial charge < -0.3 is 6.92 Å². The monoisotopic (exact) mass is 620 g/mol. The zero-order chi connectivity index (χ0) is 27.0. The second-order valence-electron chi connectivity index (χ2n) is 8.87. The molecule has 0 saturated heterocycles. The SMILES string of the molecule is C=Cc1c[c-]c2c(c1)-c1cc(C=C)ccc1C2.CC(C)(C)C1=CC[C-]=C1.Cl.Cl.[CH2-]C.[CH2]=[Zr].[c-]1ccccc1. The molecule has 0 bridgehead atoms. The fourth-order valence-corrected chi connectivity index (χ4v) is 3.63. The molecule has 38 heavy (non-hydrogen) atoms. The van der Waals surface area contributed by atoms with Gasteiger partial charge in [0, 0.05) is 0 Å². The van der Waals surface area contributed by atoms with E-state index in [1.165, 1.54) is 57.6 Å². The van der Waals surface area contributed by atoms with Gasteiger partial charge in [0.25, 0.3) is 0 Å². The van der Waals surface area contributed by atoms with Gasteiger partial charge in [0.1, 0.15) is 0 Å². The zero-order valence-corrected chi connectivity index (χ0v) is 27.2. The third-order valence-electron chi connectivity index (χ3n) is 5.48. The molecule has 0 unspecified atom stereocenters. The molecule has 0 heterocycles. The van der Waals surface area contributed by atoms with Crippen molar-refractivity contribution in [1.82, 2.24) is 0 Å². The molecule has 0 N–H and O–H groups in total. The molecule has 0 radical (unpaired) electrons. The summed E-state index contributed by atoms with van der Waals surface area (Å²) in [6, 6.07) is 26.6. The van der Waals surface area contributed by atoms with E-state index >= 15 is 0 Å². The van der Waals surface area contributed by atoms with Crippen molar-refractivity contribution in [3.05, 3.63) is 139 Å². The topological polar surface area (TPSA) is 0 Å². The summed E-state index contributed by atoms with van der Waals surface area (Å²) in [7, 11) is 0. The number of halogens is 2. The van der Waals surface area contributed by atoms with Crippen LogP contribution in [-0.2, 0) is 30.7 Å². The molecule has 3 aromatic carbocycles. The van der Waals surface area contributed by atoms with E-state index in [4.69, 9.17) is 0 Å². The summed E-state index contributed by atoms with van der Waals surface area (Å²) in [5.41, 5.74) is 9.31. The maximum Gasteiger partial charge on any atom is -0.171 e. The fraction of sp³-hybridized carbons (Fsp3) is 0.200. The minimum atomic E-state index is 0. The molecule has 0 amide bonds. The van der Waals surface area contributed by atoms with Crippen LogP contribution in [0, 0.1) is 30.5 Å². The Kier molecular flexibility index (Phi) is 20.9. The minimum absolute atomic E-state index is 0. The van der Waals surface area contributed by atoms with Crippen molar-refractivity contribution >= 4 is 41.2 Å². The van der Waals surface area contributed by atoms with Gasteiger partial charge in [-0.05, 0) is 12.0 Å². The first-order chi connectivity index (χ1) is 17.4. The van der Waals surface area contributed by atoms with Crippen molar-refractivity contribution in [3.63, 3.8) is 0 Å². The molecule has 0 atom stereocenters. The van der Waals surface area contributed by atoms with E-state index in [0.29, 0.717) is 5.41 Å². The first-order valence-corrected chi connectivity index (χ1v) is 13.8. The number of fused-ring (bicyclic) bond motifs is 3. The Bertz CT molecular complexity index is 1070. The van der Waals surface area contributed by atoms with Gasteiger partial charge in [0.2, 0.25) is 0 Å². The zero-order valence-electron chi connectivity index (χ0n) is 23.1. The molecule has 0 fully saturated rings. The molecule has 2 aliphatic rings. The van der Waals surface area contributed by atoms with Crippen LogP contribution in [-0.4, -0.2) is 4.21 Å². The van der Waals surface area contributed by atoms with Crippen LogP contribution in [0.5, 0.6) is 0 Å². The molecule has 0 aromatic heterocycles. The van der Waals surface area contributed by atoms with Gasteiger partial charge in [-0.3, -0.25) is 6.08 Å². The van der Waals surface area contributed by atoms with Gasteiger partial charge in [-0.15, -0.1) is 55.0 Å². The maximum absolute atomic E-state index is 3.82. The van der Waals surface area contributed by atoms with Crippen molar-refractivity contribution in [1.29, 1.82) is 0 Å². The Morgan fingerprint density at radius 1 is 0.895 bits per heavy atom. The minimum Gasteiger partial charge on any atom is -0.184 e. The molecule has 0 saturated carbocycles. The molecule has 0 spiro atoms. The van der Waals surface area contributed by atoms with Crippen molar-refractivity contribution < 1.29 is 24.2 Å². The second kappa shape index (κ2) is 20.9. The van der Waals surface area contributed by atoms with E-state index < -0.39 is 0 Å². The normalized spacial score (nSPS) is 11.1. The average Bonchev–Trinajstić information content (AvgIpc) is 3.61. The third-order valence-corrected chi connectivity index (χ3v) is 5.48. The van der Waals surface area contributed by atoms with Crippen molar-refractivity contribution in [2.75, 3.05) is 0 Å². The van der Waals surface area contributed by atoms with Crippen LogP contribution < -0.4 is 0 Å². The Hall–Kier alpha value is -2.05. The Morgan fingerprint density at radius 3 is 1.92 bits per heavy atom. The molecule has 2 aliphatic carbocycles. The van der Waals surface area contributed by atoms with E-state index in [0.717, 1.165) is 18.4 Å². The van der Waals surface area contributed by atoms with Gasteiger partial charge in [0.05, 0.1) is 0 Å². The molecular weight excluding hydrogens is 583 g/mol. The molecular formula is C35H40Cl2Zr-4. The molecule has 5 rings (SSSR count). The summed E-state index contributed by atoms with van der Waals surface area (Å²) >= 11 is 1.30. The third kappa shape index (κ3) is 12.2. The van der Waals surface area contributed by atoms with E-state index in [1.807, 2.05) is 48.6 Å². The summed E-state index contributed by atoms with van der Waals surface area (Å²) in [6.45, 7) is 19.3. The van der Waals surface area contributed by atoms with Gasteiger partial charge in [-0.1, -0.05) is 68.2 Å². The predicted molar refractivity (Wildman–Crippen MR) is 172 cm³/mol. The Balaban J connectivity index is 0. The van der Waals surface area contributed by atoms with E-state index in [-0.39, 0.29) is 24.8 Å². The summed E-state index contributed by atoms with van der Waals surface area (Å²) in [5.74, 6) is 0. The second-order valence-corrected chi connectivity index (χ2v) is 8.87. The van der Waals surface area contributed by atoms with Gasteiger partial charge in [-0.2, -0.15) is 78.7 Å². The summed E-state index contributed by atoms with van der Waals surface area (Å²) in [5, 5.41) is 0. The number of rotatable bonds is 2.